The van der Waals surface area contributed by atoms with E-state index in [1.807, 2.05) is 6.08 Å². The number of nitrogens with zero attached hydrogens (tertiary/aromatic N) is 2. The van der Waals surface area contributed by atoms with Gasteiger partial charge in [0.15, 0.2) is 0 Å². The van der Waals surface area contributed by atoms with Gasteiger partial charge in [0.2, 0.25) is 0 Å². The van der Waals surface area contributed by atoms with Crippen molar-refractivity contribution in [3.63, 3.8) is 0 Å². The molecule has 1 aromatic heterocycles. The van der Waals surface area contributed by atoms with Crippen LogP contribution in [0.25, 0.3) is 0 Å². The summed E-state index contributed by atoms with van der Waals surface area (Å²) in [6.07, 6.45) is 6.82. The molecule has 1 N–H and O–H groups in total. The Morgan fingerprint density at radius 1 is 1.29 bits per heavy atom. The van der Waals surface area contributed by atoms with Crippen LogP contribution in [0.1, 0.15) is 38.1 Å². The van der Waals surface area contributed by atoms with Gasteiger partial charge in [-0.05, 0) is 26.2 Å². The fraction of sp³-hybridized carbons (Fsp3) is 0.583. The second-order valence-corrected chi connectivity index (χ2v) is 3.66. The fourth-order valence-electron chi connectivity index (χ4n) is 1.50. The Morgan fingerprint density at radius 2 is 2.00 bits per heavy atom. The summed E-state index contributed by atoms with van der Waals surface area (Å²) in [7, 11) is 0. The number of allylic oxidation sites excluding steroid dienone is 1. The largest absolute Gasteiger partial charge is 0.463 e. The molecular formula is C12H19N3O2. The topological polar surface area (TPSA) is 67.9 Å². The lowest BCUT2D eigenvalue weighted by molar-refractivity contribution is -0.137. The molecule has 5 heteroatoms. The molecule has 0 aliphatic heterocycles. The highest BCUT2D eigenvalue weighted by Crippen LogP contribution is 2.07. The molecule has 0 saturated heterocycles. The van der Waals surface area contributed by atoms with Gasteiger partial charge in [0, 0.05) is 6.08 Å². The second kappa shape index (κ2) is 7.60. The minimum Gasteiger partial charge on any atom is -0.463 e. The molecule has 94 valence electrons. The van der Waals surface area contributed by atoms with E-state index in [-0.39, 0.29) is 5.97 Å². The predicted octanol–water partition coefficient (Wildman–Crippen LogP) is 1.81. The van der Waals surface area contributed by atoms with Crippen molar-refractivity contribution in [2.24, 2.45) is 0 Å². The third kappa shape index (κ3) is 4.80. The fourth-order valence-corrected chi connectivity index (χ4v) is 1.50. The van der Waals surface area contributed by atoms with Crippen LogP contribution in [0, 0.1) is 0 Å². The van der Waals surface area contributed by atoms with Gasteiger partial charge >= 0.3 is 5.97 Å². The van der Waals surface area contributed by atoms with Crippen molar-refractivity contribution in [2.75, 3.05) is 6.61 Å². The molecule has 0 fully saturated rings. The van der Waals surface area contributed by atoms with Crippen LogP contribution in [-0.2, 0) is 22.4 Å². The molecule has 17 heavy (non-hydrogen) atoms. The molecule has 0 amide bonds. The first-order chi connectivity index (χ1) is 8.27. The number of carbonyl (C=O) groups excluding carboxylic acids is 1. The molecule has 0 spiro atoms. The van der Waals surface area contributed by atoms with Gasteiger partial charge in [-0.2, -0.15) is 15.4 Å². The Morgan fingerprint density at radius 3 is 2.65 bits per heavy atom. The van der Waals surface area contributed by atoms with Gasteiger partial charge in [0.1, 0.15) is 0 Å². The molecule has 1 heterocycles. The number of H-pyrrole nitrogens is 1. The highest BCUT2D eigenvalue weighted by Gasteiger charge is 2.05. The van der Waals surface area contributed by atoms with Crippen molar-refractivity contribution >= 4 is 5.97 Å². The summed E-state index contributed by atoms with van der Waals surface area (Å²) in [6.45, 7) is 4.31. The number of aryl methyl sites for hydroxylation is 2. The van der Waals surface area contributed by atoms with E-state index in [1.54, 1.807) is 6.92 Å². The summed E-state index contributed by atoms with van der Waals surface area (Å²) < 4.78 is 4.78. The van der Waals surface area contributed by atoms with E-state index < -0.39 is 0 Å². The maximum absolute atomic E-state index is 11.0. The molecule has 0 aliphatic rings. The molecular weight excluding hydrogens is 218 g/mol. The van der Waals surface area contributed by atoms with E-state index >= 15 is 0 Å². The first-order valence-corrected chi connectivity index (χ1v) is 5.99. The highest BCUT2D eigenvalue weighted by atomic mass is 16.5. The highest BCUT2D eigenvalue weighted by molar-refractivity contribution is 5.81. The van der Waals surface area contributed by atoms with Gasteiger partial charge in [0.05, 0.1) is 18.0 Å². The molecule has 0 aliphatic carbocycles. The molecule has 0 aromatic carbocycles. The van der Waals surface area contributed by atoms with Gasteiger partial charge < -0.3 is 4.74 Å². The van der Waals surface area contributed by atoms with Crippen LogP contribution in [0.3, 0.4) is 0 Å². The predicted molar refractivity (Wildman–Crippen MR) is 64.5 cm³/mol. The monoisotopic (exact) mass is 237 g/mol. The smallest absolute Gasteiger partial charge is 0.330 e. The van der Waals surface area contributed by atoms with Crippen molar-refractivity contribution in [1.29, 1.82) is 0 Å². The molecule has 5 nitrogen and oxygen atoms in total. The van der Waals surface area contributed by atoms with Gasteiger partial charge in [-0.25, -0.2) is 4.79 Å². The standard InChI is InChI=1S/C12H19N3O2/c1-3-7-10-11(14-15-13-10)8-5-6-9-12(16)17-4-2/h6,9H,3-5,7-8H2,1-2H3,(H,13,14,15)/b9-6+. The zero-order chi connectivity index (χ0) is 12.5. The summed E-state index contributed by atoms with van der Waals surface area (Å²) in [6, 6.07) is 0. The molecule has 1 rings (SSSR count). The molecule has 1 aromatic rings. The Bertz CT molecular complexity index is 372. The first-order valence-electron chi connectivity index (χ1n) is 5.99. The van der Waals surface area contributed by atoms with Crippen LogP contribution in [0.5, 0.6) is 0 Å². The van der Waals surface area contributed by atoms with Crippen LogP contribution in [0.4, 0.5) is 0 Å². The first kappa shape index (κ1) is 13.4. The Labute approximate surface area is 101 Å². The average Bonchev–Trinajstić information content (AvgIpc) is 2.73. The van der Waals surface area contributed by atoms with Crippen molar-refractivity contribution in [3.8, 4) is 0 Å². The third-order valence-corrected chi connectivity index (χ3v) is 2.28. The number of carbonyl (C=O) groups is 1. The summed E-state index contributed by atoms with van der Waals surface area (Å²) in [5.41, 5.74) is 2.01. The van der Waals surface area contributed by atoms with E-state index in [0.717, 1.165) is 37.1 Å². The van der Waals surface area contributed by atoms with E-state index in [9.17, 15) is 4.79 Å². The van der Waals surface area contributed by atoms with E-state index in [4.69, 9.17) is 4.74 Å². The maximum Gasteiger partial charge on any atom is 0.330 e. The van der Waals surface area contributed by atoms with Crippen molar-refractivity contribution in [2.45, 2.75) is 39.5 Å². The average molecular weight is 237 g/mol. The Hall–Kier alpha value is -1.65. The molecule has 0 unspecified atom stereocenters. The van der Waals surface area contributed by atoms with Crippen molar-refractivity contribution in [1.82, 2.24) is 15.4 Å². The number of rotatable bonds is 7. The lowest BCUT2D eigenvalue weighted by Gasteiger charge is -1.97. The lowest BCUT2D eigenvalue weighted by atomic mass is 10.1. The number of hydrogen-bond donors (Lipinski definition) is 1. The van der Waals surface area contributed by atoms with E-state index in [1.165, 1.54) is 6.08 Å². The quantitative estimate of drug-likeness (QED) is 0.580. The molecule has 0 radical (unpaired) electrons. The summed E-state index contributed by atoms with van der Waals surface area (Å²) in [5.74, 6) is -0.290. The van der Waals surface area contributed by atoms with E-state index in [2.05, 4.69) is 22.3 Å². The second-order valence-electron chi connectivity index (χ2n) is 3.66. The number of esters is 1. The molecule has 0 bridgehead atoms. The Balaban J connectivity index is 2.35. The third-order valence-electron chi connectivity index (χ3n) is 2.28. The van der Waals surface area contributed by atoms with Gasteiger partial charge in [-0.1, -0.05) is 19.4 Å². The lowest BCUT2D eigenvalue weighted by Crippen LogP contribution is -1.99. The zero-order valence-electron chi connectivity index (χ0n) is 10.4. The van der Waals surface area contributed by atoms with Gasteiger partial charge in [0.25, 0.3) is 0 Å². The normalized spacial score (nSPS) is 10.9. The maximum atomic E-state index is 11.0. The number of nitrogens with one attached hydrogen (secondary N) is 1. The molecule has 0 atom stereocenters. The number of ether oxygens (including phenoxy) is 1. The number of aromatic amines is 1. The number of aromatic nitrogens is 3. The number of hydrogen-bond acceptors (Lipinski definition) is 4. The van der Waals surface area contributed by atoms with E-state index in [0.29, 0.717) is 6.61 Å². The van der Waals surface area contributed by atoms with Gasteiger partial charge in [-0.3, -0.25) is 0 Å². The van der Waals surface area contributed by atoms with Crippen LogP contribution >= 0.6 is 0 Å². The summed E-state index contributed by atoms with van der Waals surface area (Å²) >= 11 is 0. The minimum absolute atomic E-state index is 0.290. The Kier molecular flexibility index (Phi) is 5.99. The zero-order valence-corrected chi connectivity index (χ0v) is 10.4. The van der Waals surface area contributed by atoms with Crippen LogP contribution in [-0.4, -0.2) is 28.0 Å². The SMILES string of the molecule is CCCc1n[nH]nc1CC/C=C/C(=O)OCC. The van der Waals surface area contributed by atoms with Crippen molar-refractivity contribution in [3.05, 3.63) is 23.5 Å². The minimum atomic E-state index is -0.290. The van der Waals surface area contributed by atoms with Crippen molar-refractivity contribution < 1.29 is 9.53 Å². The van der Waals surface area contributed by atoms with Gasteiger partial charge in [-0.15, -0.1) is 0 Å². The van der Waals surface area contributed by atoms with Crippen LogP contribution < -0.4 is 0 Å². The van der Waals surface area contributed by atoms with Crippen LogP contribution in [0.15, 0.2) is 12.2 Å². The molecule has 0 saturated carbocycles. The summed E-state index contributed by atoms with van der Waals surface area (Å²) in [5, 5.41) is 10.8. The van der Waals surface area contributed by atoms with Crippen LogP contribution in [0.2, 0.25) is 0 Å². The summed E-state index contributed by atoms with van der Waals surface area (Å²) in [4.78, 5) is 11.0.